The van der Waals surface area contributed by atoms with E-state index in [2.05, 4.69) is 66.7 Å². The molecule has 134 valence electrons. The Balaban J connectivity index is 1.56. The lowest BCUT2D eigenvalue weighted by molar-refractivity contribution is 0.0984. The van der Waals surface area contributed by atoms with Crippen LogP contribution >= 0.6 is 0 Å². The summed E-state index contributed by atoms with van der Waals surface area (Å²) in [5, 5.41) is 7.10. The first-order valence-electron chi connectivity index (χ1n) is 9.71. The second-order valence-corrected chi connectivity index (χ2v) is 7.25. The first kappa shape index (κ1) is 16.7. The molecular weight excluding hydrogens is 340 g/mol. The predicted molar refractivity (Wildman–Crippen MR) is 118 cm³/mol. The standard InChI is InChI=1S/C27H20O/c28-27(26-15-7-11-19-8-1-4-12-22(19)26)17-16-25-23-13-5-2-9-20(23)18-21-10-3-6-14-24(21)25/h1-15,18H,16-17H2. The van der Waals surface area contributed by atoms with Gasteiger partial charge in [0.2, 0.25) is 0 Å². The summed E-state index contributed by atoms with van der Waals surface area (Å²) in [6, 6.07) is 33.3. The minimum Gasteiger partial charge on any atom is -0.294 e. The molecule has 0 aliphatic heterocycles. The molecule has 0 N–H and O–H groups in total. The molecule has 1 heteroatoms. The van der Waals surface area contributed by atoms with Crippen molar-refractivity contribution >= 4 is 38.1 Å². The van der Waals surface area contributed by atoms with E-state index in [1.807, 2.05) is 30.3 Å². The van der Waals surface area contributed by atoms with Gasteiger partial charge in [-0.15, -0.1) is 0 Å². The average Bonchev–Trinajstić information content (AvgIpc) is 2.76. The highest BCUT2D eigenvalue weighted by Gasteiger charge is 2.13. The highest BCUT2D eigenvalue weighted by Crippen LogP contribution is 2.30. The Labute approximate surface area is 164 Å². The SMILES string of the molecule is O=C(CCc1c2ccccc2cc2ccccc12)c1cccc2ccccc12. The van der Waals surface area contributed by atoms with E-state index in [-0.39, 0.29) is 5.78 Å². The molecule has 0 bridgehead atoms. The molecule has 0 aromatic heterocycles. The van der Waals surface area contributed by atoms with Crippen LogP contribution in [0.25, 0.3) is 32.3 Å². The van der Waals surface area contributed by atoms with Crippen molar-refractivity contribution in [3.8, 4) is 0 Å². The zero-order valence-corrected chi connectivity index (χ0v) is 15.6. The molecule has 0 atom stereocenters. The maximum absolute atomic E-state index is 13.1. The summed E-state index contributed by atoms with van der Waals surface area (Å²) in [5.41, 5.74) is 2.09. The number of aryl methyl sites for hydroxylation is 1. The molecule has 5 rings (SSSR count). The lowest BCUT2D eigenvalue weighted by Gasteiger charge is -2.12. The summed E-state index contributed by atoms with van der Waals surface area (Å²) in [6.07, 6.45) is 1.25. The normalized spacial score (nSPS) is 11.3. The molecule has 0 saturated heterocycles. The van der Waals surface area contributed by atoms with E-state index >= 15 is 0 Å². The summed E-state index contributed by atoms with van der Waals surface area (Å²) in [6.45, 7) is 0. The Kier molecular flexibility index (Phi) is 4.14. The zero-order chi connectivity index (χ0) is 18.9. The third-order valence-electron chi connectivity index (χ3n) is 5.57. The summed E-state index contributed by atoms with van der Waals surface area (Å²) >= 11 is 0. The van der Waals surface area contributed by atoms with Crippen molar-refractivity contribution in [1.82, 2.24) is 0 Å². The zero-order valence-electron chi connectivity index (χ0n) is 15.6. The number of carbonyl (C=O) groups is 1. The number of benzene rings is 5. The summed E-state index contributed by atoms with van der Waals surface area (Å²) in [5.74, 6) is 0.203. The van der Waals surface area contributed by atoms with Gasteiger partial charge in [-0.1, -0.05) is 91.0 Å². The van der Waals surface area contributed by atoms with Crippen molar-refractivity contribution in [1.29, 1.82) is 0 Å². The Hall–Kier alpha value is -3.45. The fourth-order valence-corrected chi connectivity index (χ4v) is 4.22. The topological polar surface area (TPSA) is 17.1 Å². The predicted octanol–water partition coefficient (Wildman–Crippen LogP) is 6.96. The fraction of sp³-hybridized carbons (Fsp3) is 0.0741. The van der Waals surface area contributed by atoms with Crippen molar-refractivity contribution in [3.05, 3.63) is 108 Å². The van der Waals surface area contributed by atoms with Crippen molar-refractivity contribution in [2.45, 2.75) is 12.8 Å². The Morgan fingerprint density at radius 2 is 1.11 bits per heavy atom. The van der Waals surface area contributed by atoms with E-state index in [1.54, 1.807) is 0 Å². The maximum Gasteiger partial charge on any atom is 0.163 e. The second kappa shape index (κ2) is 6.94. The maximum atomic E-state index is 13.1. The molecule has 0 fully saturated rings. The largest absolute Gasteiger partial charge is 0.294 e. The number of hydrogen-bond donors (Lipinski definition) is 0. The lowest BCUT2D eigenvalue weighted by atomic mass is 9.92. The van der Waals surface area contributed by atoms with Crippen LogP contribution in [0.3, 0.4) is 0 Å². The first-order chi connectivity index (χ1) is 13.8. The van der Waals surface area contributed by atoms with Crippen LogP contribution in [0.2, 0.25) is 0 Å². The summed E-state index contributed by atoms with van der Waals surface area (Å²) in [4.78, 5) is 13.1. The highest BCUT2D eigenvalue weighted by atomic mass is 16.1. The number of ketones is 1. The smallest absolute Gasteiger partial charge is 0.163 e. The van der Waals surface area contributed by atoms with Gasteiger partial charge in [0.1, 0.15) is 0 Å². The number of rotatable bonds is 4. The van der Waals surface area contributed by atoms with Crippen LogP contribution in [0.4, 0.5) is 0 Å². The molecule has 0 spiro atoms. The monoisotopic (exact) mass is 360 g/mol. The molecule has 5 aromatic rings. The van der Waals surface area contributed by atoms with Gasteiger partial charge in [0.15, 0.2) is 5.78 Å². The summed E-state index contributed by atoms with van der Waals surface area (Å²) < 4.78 is 0. The van der Waals surface area contributed by atoms with Crippen LogP contribution < -0.4 is 0 Å². The Morgan fingerprint density at radius 3 is 1.79 bits per heavy atom. The first-order valence-corrected chi connectivity index (χ1v) is 9.71. The van der Waals surface area contributed by atoms with Crippen LogP contribution in [0.5, 0.6) is 0 Å². The molecular formula is C27H20O. The van der Waals surface area contributed by atoms with Crippen molar-refractivity contribution in [2.75, 3.05) is 0 Å². The van der Waals surface area contributed by atoms with Crippen LogP contribution in [-0.4, -0.2) is 5.78 Å². The fourth-order valence-electron chi connectivity index (χ4n) is 4.22. The van der Waals surface area contributed by atoms with Crippen LogP contribution in [-0.2, 0) is 6.42 Å². The average molecular weight is 360 g/mol. The molecule has 0 saturated carbocycles. The van der Waals surface area contributed by atoms with Gasteiger partial charge in [0.25, 0.3) is 0 Å². The van der Waals surface area contributed by atoms with Gasteiger partial charge in [0.05, 0.1) is 0 Å². The minimum absolute atomic E-state index is 0.203. The molecule has 1 nitrogen and oxygen atoms in total. The number of Topliss-reactive ketones (excluding diaryl/α,β-unsaturated/α-hetero) is 1. The third-order valence-corrected chi connectivity index (χ3v) is 5.57. The second-order valence-electron chi connectivity index (χ2n) is 7.25. The molecule has 0 unspecified atom stereocenters. The van der Waals surface area contributed by atoms with Gasteiger partial charge in [-0.25, -0.2) is 0 Å². The van der Waals surface area contributed by atoms with Crippen LogP contribution in [0, 0.1) is 0 Å². The number of carbonyl (C=O) groups excluding carboxylic acids is 1. The van der Waals surface area contributed by atoms with Gasteiger partial charge in [-0.05, 0) is 50.4 Å². The minimum atomic E-state index is 0.203. The van der Waals surface area contributed by atoms with Crippen molar-refractivity contribution in [3.63, 3.8) is 0 Å². The molecule has 0 aliphatic rings. The van der Waals surface area contributed by atoms with E-state index in [0.717, 1.165) is 22.8 Å². The van der Waals surface area contributed by atoms with Gasteiger partial charge >= 0.3 is 0 Å². The van der Waals surface area contributed by atoms with E-state index in [0.29, 0.717) is 6.42 Å². The molecule has 5 aromatic carbocycles. The molecule has 0 amide bonds. The van der Waals surface area contributed by atoms with Crippen LogP contribution in [0.1, 0.15) is 22.3 Å². The summed E-state index contributed by atoms with van der Waals surface area (Å²) in [7, 11) is 0. The number of fused-ring (bicyclic) bond motifs is 3. The van der Waals surface area contributed by atoms with Gasteiger partial charge in [0, 0.05) is 12.0 Å². The molecule has 0 radical (unpaired) electrons. The highest BCUT2D eigenvalue weighted by molar-refractivity contribution is 6.09. The van der Waals surface area contributed by atoms with E-state index < -0.39 is 0 Å². The van der Waals surface area contributed by atoms with E-state index in [4.69, 9.17) is 0 Å². The molecule has 0 heterocycles. The third kappa shape index (κ3) is 2.86. The van der Waals surface area contributed by atoms with Crippen LogP contribution in [0.15, 0.2) is 97.1 Å². The van der Waals surface area contributed by atoms with Gasteiger partial charge < -0.3 is 0 Å². The van der Waals surface area contributed by atoms with Crippen molar-refractivity contribution in [2.24, 2.45) is 0 Å². The van der Waals surface area contributed by atoms with E-state index in [9.17, 15) is 4.79 Å². The molecule has 0 aliphatic carbocycles. The van der Waals surface area contributed by atoms with E-state index in [1.165, 1.54) is 27.1 Å². The van der Waals surface area contributed by atoms with Crippen molar-refractivity contribution < 1.29 is 4.79 Å². The molecule has 28 heavy (non-hydrogen) atoms. The lowest BCUT2D eigenvalue weighted by Crippen LogP contribution is -2.03. The van der Waals surface area contributed by atoms with Gasteiger partial charge in [-0.2, -0.15) is 0 Å². The van der Waals surface area contributed by atoms with Gasteiger partial charge in [-0.3, -0.25) is 4.79 Å². The Bertz CT molecular complexity index is 1270. The quantitative estimate of drug-likeness (QED) is 0.250. The Morgan fingerprint density at radius 1 is 0.571 bits per heavy atom. The number of hydrogen-bond acceptors (Lipinski definition) is 1.